The molecule has 0 amide bonds. The number of hydrogen-bond acceptors (Lipinski definition) is 2. The lowest BCUT2D eigenvalue weighted by Crippen LogP contribution is -2.58. The molecule has 5 heterocycles. The molecule has 0 saturated heterocycles. The number of benzene rings is 6. The summed E-state index contributed by atoms with van der Waals surface area (Å²) in [4.78, 5) is 2.57. The fraction of sp³-hybridized carbons (Fsp3) is 0.234. The maximum absolute atomic E-state index is 7.01. The predicted octanol–water partition coefficient (Wildman–Crippen LogP) is 11.3. The maximum atomic E-state index is 7.01. The summed E-state index contributed by atoms with van der Waals surface area (Å²) in [7, 11) is 0. The van der Waals surface area contributed by atoms with Gasteiger partial charge in [-0.1, -0.05) is 116 Å². The number of furan rings is 1. The average Bonchev–Trinajstić information content (AvgIpc) is 3.64. The summed E-state index contributed by atoms with van der Waals surface area (Å²) in [5.74, 6) is 0. The van der Waals surface area contributed by atoms with Gasteiger partial charge in [-0.05, 0) is 92.0 Å². The average molecular weight is 661 g/mol. The fourth-order valence-corrected chi connectivity index (χ4v) is 9.79. The zero-order valence-electron chi connectivity index (χ0n) is 30.7. The molecule has 3 aliphatic rings. The SMILES string of the molecule is CC(C)(C)c1ccc2c(c1)c1cc(C(C)(C)C)cc3c1n2B1c2cccc4c2N(c2ccccc2C4(C)C)c2c1c-3cc1c2oc2ccccc21. The van der Waals surface area contributed by atoms with Gasteiger partial charge in [0.2, 0.25) is 0 Å². The molecule has 0 saturated carbocycles. The largest absolute Gasteiger partial charge is 0.454 e. The quantitative estimate of drug-likeness (QED) is 0.151. The van der Waals surface area contributed by atoms with E-state index in [-0.39, 0.29) is 23.1 Å². The summed E-state index contributed by atoms with van der Waals surface area (Å²) < 4.78 is 9.71. The fourth-order valence-electron chi connectivity index (χ4n) is 9.79. The minimum Gasteiger partial charge on any atom is -0.454 e. The van der Waals surface area contributed by atoms with E-state index in [1.807, 2.05) is 0 Å². The Morgan fingerprint density at radius 3 is 2.14 bits per heavy atom. The van der Waals surface area contributed by atoms with Gasteiger partial charge in [0.25, 0.3) is 0 Å². The van der Waals surface area contributed by atoms with E-state index in [0.29, 0.717) is 0 Å². The molecule has 0 aliphatic carbocycles. The molecule has 8 aromatic rings. The Labute approximate surface area is 299 Å². The van der Waals surface area contributed by atoms with Gasteiger partial charge in [-0.15, -0.1) is 0 Å². The van der Waals surface area contributed by atoms with Crippen LogP contribution in [0, 0.1) is 0 Å². The molecule has 2 aromatic heterocycles. The van der Waals surface area contributed by atoms with Gasteiger partial charge in [-0.3, -0.25) is 0 Å². The van der Waals surface area contributed by atoms with Crippen LogP contribution in [-0.4, -0.2) is 11.3 Å². The molecule has 0 fully saturated rings. The molecular formula is C47H41BN2O. The van der Waals surface area contributed by atoms with Gasteiger partial charge in [-0.25, -0.2) is 0 Å². The van der Waals surface area contributed by atoms with Gasteiger partial charge in [0, 0.05) is 49.2 Å². The number of hydrogen-bond donors (Lipinski definition) is 0. The van der Waals surface area contributed by atoms with E-state index >= 15 is 0 Å². The Morgan fingerprint density at radius 1 is 0.608 bits per heavy atom. The first-order valence-electron chi connectivity index (χ1n) is 18.5. The van der Waals surface area contributed by atoms with Crippen LogP contribution >= 0.6 is 0 Å². The Morgan fingerprint density at radius 2 is 1.33 bits per heavy atom. The number of aromatic nitrogens is 1. The standard InChI is InChI=1S/C47H41BN2O/c1-45(2,3)26-20-21-37-29(22-26)31-23-27(46(4,5)6)24-32-30-25-33-28-14-9-12-19-39(28)51-44(33)43-40(30)48(50(37)41(31)32)36-17-13-16-35-42(36)49(43)38-18-11-10-15-34(38)47(35,7)8/h9-25H,1-8H3. The molecule has 0 atom stereocenters. The molecule has 51 heavy (non-hydrogen) atoms. The summed E-state index contributed by atoms with van der Waals surface area (Å²) in [5, 5.41) is 5.03. The van der Waals surface area contributed by atoms with E-state index in [0.717, 1.165) is 16.6 Å². The third-order valence-electron chi connectivity index (χ3n) is 12.4. The zero-order chi connectivity index (χ0) is 34.9. The van der Waals surface area contributed by atoms with Crippen molar-refractivity contribution < 1.29 is 4.42 Å². The molecule has 0 spiro atoms. The van der Waals surface area contributed by atoms with Gasteiger partial charge >= 0.3 is 6.85 Å². The predicted molar refractivity (Wildman–Crippen MR) is 217 cm³/mol. The molecule has 248 valence electrons. The molecule has 0 N–H and O–H groups in total. The van der Waals surface area contributed by atoms with Crippen molar-refractivity contribution in [3.8, 4) is 11.1 Å². The van der Waals surface area contributed by atoms with Crippen LogP contribution in [0.4, 0.5) is 17.1 Å². The summed E-state index contributed by atoms with van der Waals surface area (Å²) in [6, 6.07) is 39.4. The van der Waals surface area contributed by atoms with Gasteiger partial charge in [-0.2, -0.15) is 0 Å². The Kier molecular flexibility index (Phi) is 5.30. The van der Waals surface area contributed by atoms with Crippen LogP contribution in [0.5, 0.6) is 0 Å². The number of anilines is 3. The molecule has 4 heteroatoms. The lowest BCUT2D eigenvalue weighted by Gasteiger charge is -2.48. The summed E-state index contributed by atoms with van der Waals surface area (Å²) >= 11 is 0. The van der Waals surface area contributed by atoms with Crippen molar-refractivity contribution in [2.45, 2.75) is 71.6 Å². The lowest BCUT2D eigenvalue weighted by molar-refractivity contribution is 0.590. The highest BCUT2D eigenvalue weighted by atomic mass is 16.3. The van der Waals surface area contributed by atoms with Crippen LogP contribution in [0.25, 0.3) is 54.9 Å². The van der Waals surface area contributed by atoms with Crippen molar-refractivity contribution in [3.63, 3.8) is 0 Å². The second-order valence-corrected chi connectivity index (χ2v) is 17.8. The smallest absolute Gasteiger partial charge is 0.333 e. The molecule has 0 radical (unpaired) electrons. The number of fused-ring (bicyclic) bond motifs is 13. The molecule has 3 aliphatic heterocycles. The lowest BCUT2D eigenvalue weighted by atomic mass is 9.44. The van der Waals surface area contributed by atoms with E-state index in [9.17, 15) is 0 Å². The van der Waals surface area contributed by atoms with Crippen LogP contribution in [0.1, 0.15) is 77.6 Å². The highest BCUT2D eigenvalue weighted by Gasteiger charge is 2.49. The molecule has 6 aromatic carbocycles. The summed E-state index contributed by atoms with van der Waals surface area (Å²) in [6.45, 7) is 18.8. The van der Waals surface area contributed by atoms with Crippen LogP contribution in [0.3, 0.4) is 0 Å². The van der Waals surface area contributed by atoms with Crippen molar-refractivity contribution in [2.24, 2.45) is 0 Å². The molecule has 3 nitrogen and oxygen atoms in total. The molecule has 0 unspecified atom stereocenters. The first-order valence-corrected chi connectivity index (χ1v) is 18.5. The summed E-state index contributed by atoms with van der Waals surface area (Å²) in [6.07, 6.45) is 0. The highest BCUT2D eigenvalue weighted by molar-refractivity contribution is 6.90. The number of para-hydroxylation sites is 3. The van der Waals surface area contributed by atoms with E-state index in [4.69, 9.17) is 4.42 Å². The van der Waals surface area contributed by atoms with E-state index in [1.54, 1.807) is 0 Å². The zero-order valence-corrected chi connectivity index (χ0v) is 30.7. The minimum atomic E-state index is -0.176. The van der Waals surface area contributed by atoms with Crippen molar-refractivity contribution in [2.75, 3.05) is 4.90 Å². The summed E-state index contributed by atoms with van der Waals surface area (Å²) in [5.41, 5.74) is 18.8. The maximum Gasteiger partial charge on any atom is 0.333 e. The second-order valence-electron chi connectivity index (χ2n) is 17.8. The van der Waals surface area contributed by atoms with Crippen LogP contribution in [-0.2, 0) is 16.2 Å². The van der Waals surface area contributed by atoms with Crippen molar-refractivity contribution in [3.05, 3.63) is 125 Å². The first-order chi connectivity index (χ1) is 24.3. The van der Waals surface area contributed by atoms with Crippen molar-refractivity contribution in [1.82, 2.24) is 4.48 Å². The number of rotatable bonds is 0. The van der Waals surface area contributed by atoms with Gasteiger partial charge < -0.3 is 13.8 Å². The second kappa shape index (κ2) is 9.17. The molecular weight excluding hydrogens is 619 g/mol. The van der Waals surface area contributed by atoms with E-state index < -0.39 is 0 Å². The Hall–Kier alpha value is -5.22. The first kappa shape index (κ1) is 29.5. The van der Waals surface area contributed by atoms with Gasteiger partial charge in [0.1, 0.15) is 5.58 Å². The Balaban J connectivity index is 1.40. The van der Waals surface area contributed by atoms with Crippen LogP contribution < -0.4 is 15.8 Å². The third kappa shape index (κ3) is 3.56. The third-order valence-corrected chi connectivity index (χ3v) is 12.4. The molecule has 0 bridgehead atoms. The number of nitrogens with zero attached hydrogens (tertiary/aromatic N) is 2. The van der Waals surface area contributed by atoms with Crippen LogP contribution in [0.2, 0.25) is 0 Å². The van der Waals surface area contributed by atoms with Crippen molar-refractivity contribution >= 4 is 78.6 Å². The normalized spacial score (nSPS) is 15.5. The minimum absolute atomic E-state index is 0.0200. The topological polar surface area (TPSA) is 21.3 Å². The van der Waals surface area contributed by atoms with E-state index in [1.165, 1.54) is 88.6 Å². The monoisotopic (exact) mass is 660 g/mol. The van der Waals surface area contributed by atoms with Gasteiger partial charge in [0.15, 0.2) is 5.58 Å². The van der Waals surface area contributed by atoms with E-state index in [2.05, 4.69) is 168 Å². The highest BCUT2D eigenvalue weighted by Crippen LogP contribution is 2.56. The van der Waals surface area contributed by atoms with Gasteiger partial charge in [0.05, 0.1) is 11.4 Å². The molecule has 11 rings (SSSR count). The van der Waals surface area contributed by atoms with Crippen LogP contribution in [0.15, 0.2) is 108 Å². The Bertz CT molecular complexity index is 2870. The van der Waals surface area contributed by atoms with Crippen molar-refractivity contribution in [1.29, 1.82) is 0 Å².